The van der Waals surface area contributed by atoms with Crippen LogP contribution in [-0.2, 0) is 16.0 Å². The maximum absolute atomic E-state index is 11.6. The fourth-order valence-electron chi connectivity index (χ4n) is 1.92. The minimum atomic E-state index is -0.297. The van der Waals surface area contributed by atoms with Crippen LogP contribution in [0.4, 0.5) is 0 Å². The average Bonchev–Trinajstić information content (AvgIpc) is 2.82. The Labute approximate surface area is 105 Å². The van der Waals surface area contributed by atoms with E-state index in [1.165, 1.54) is 0 Å². The summed E-state index contributed by atoms with van der Waals surface area (Å²) in [5, 5.41) is 9.78. The van der Waals surface area contributed by atoms with E-state index in [1.807, 2.05) is 6.92 Å². The summed E-state index contributed by atoms with van der Waals surface area (Å²) in [6, 6.07) is -0.297. The molecule has 0 spiro atoms. The molecule has 18 heavy (non-hydrogen) atoms. The molecule has 1 aliphatic heterocycles. The largest absolute Gasteiger partial charge is 0.373 e. The lowest BCUT2D eigenvalue weighted by Gasteiger charge is -2.21. The first-order valence-corrected chi connectivity index (χ1v) is 6.11. The van der Waals surface area contributed by atoms with Crippen LogP contribution in [0.1, 0.15) is 31.2 Å². The Morgan fingerprint density at radius 1 is 1.56 bits per heavy atom. The van der Waals surface area contributed by atoms with Crippen LogP contribution in [0.25, 0.3) is 0 Å². The summed E-state index contributed by atoms with van der Waals surface area (Å²) in [7, 11) is 1.61. The van der Waals surface area contributed by atoms with Gasteiger partial charge < -0.3 is 19.9 Å². The van der Waals surface area contributed by atoms with Crippen molar-refractivity contribution in [1.29, 1.82) is 0 Å². The number of hydrogen-bond donors (Lipinski definition) is 2. The fraction of sp³-hybridized carbons (Fsp3) is 0.727. The van der Waals surface area contributed by atoms with E-state index in [-0.39, 0.29) is 18.1 Å². The molecular weight excluding hydrogens is 236 g/mol. The number of carbonyl (C=O) groups is 1. The third-order valence-electron chi connectivity index (χ3n) is 2.94. The first-order chi connectivity index (χ1) is 8.74. The second kappa shape index (κ2) is 5.92. The first kappa shape index (κ1) is 13.0. The molecule has 2 atom stereocenters. The Balaban J connectivity index is 1.99. The van der Waals surface area contributed by atoms with E-state index in [4.69, 9.17) is 9.26 Å². The van der Waals surface area contributed by atoms with Crippen molar-refractivity contribution in [1.82, 2.24) is 20.8 Å². The van der Waals surface area contributed by atoms with Crippen LogP contribution in [0.5, 0.6) is 0 Å². The molecule has 2 heterocycles. The third kappa shape index (κ3) is 2.85. The van der Waals surface area contributed by atoms with Crippen molar-refractivity contribution in [2.24, 2.45) is 0 Å². The number of ether oxygens (including phenoxy) is 1. The highest BCUT2D eigenvalue weighted by Crippen LogP contribution is 2.17. The van der Waals surface area contributed by atoms with E-state index in [9.17, 15) is 4.79 Å². The fourth-order valence-corrected chi connectivity index (χ4v) is 1.92. The van der Waals surface area contributed by atoms with Gasteiger partial charge in [0, 0.05) is 20.2 Å². The number of hydrogen-bond acceptors (Lipinski definition) is 6. The Hall–Kier alpha value is -1.47. The third-order valence-corrected chi connectivity index (χ3v) is 2.94. The van der Waals surface area contributed by atoms with Gasteiger partial charge >= 0.3 is 0 Å². The number of nitrogens with zero attached hydrogens (tertiary/aromatic N) is 2. The monoisotopic (exact) mass is 254 g/mol. The smallest absolute Gasteiger partial charge is 0.237 e. The topological polar surface area (TPSA) is 89.3 Å². The van der Waals surface area contributed by atoms with Crippen LogP contribution in [0.3, 0.4) is 0 Å². The summed E-state index contributed by atoms with van der Waals surface area (Å²) in [5.41, 5.74) is 0. The molecule has 0 radical (unpaired) electrons. The zero-order valence-electron chi connectivity index (χ0n) is 10.6. The Morgan fingerprint density at radius 3 is 3.06 bits per heavy atom. The van der Waals surface area contributed by atoms with Gasteiger partial charge in [-0.1, -0.05) is 12.1 Å². The number of amides is 1. The first-order valence-electron chi connectivity index (χ1n) is 6.11. The molecule has 2 rings (SSSR count). The van der Waals surface area contributed by atoms with Gasteiger partial charge in [0.05, 0.1) is 12.5 Å². The molecule has 1 aromatic rings. The summed E-state index contributed by atoms with van der Waals surface area (Å²) in [6.45, 7) is 3.40. The summed E-state index contributed by atoms with van der Waals surface area (Å²) >= 11 is 0. The molecule has 7 nitrogen and oxygen atoms in total. The van der Waals surface area contributed by atoms with Gasteiger partial charge in [-0.2, -0.15) is 4.98 Å². The van der Waals surface area contributed by atoms with Crippen molar-refractivity contribution in [3.63, 3.8) is 0 Å². The molecule has 0 bridgehead atoms. The van der Waals surface area contributed by atoms with Crippen LogP contribution >= 0.6 is 0 Å². The second-order valence-corrected chi connectivity index (χ2v) is 4.18. The molecular formula is C11H18N4O3. The molecule has 0 aliphatic carbocycles. The quantitative estimate of drug-likeness (QED) is 0.756. The number of carbonyl (C=O) groups excluding carboxylic acids is 1. The second-order valence-electron chi connectivity index (χ2n) is 4.18. The summed E-state index contributed by atoms with van der Waals surface area (Å²) in [5.74, 6) is 0.959. The van der Waals surface area contributed by atoms with Gasteiger partial charge in [0.1, 0.15) is 6.10 Å². The normalized spacial score (nSPS) is 21.7. The van der Waals surface area contributed by atoms with Gasteiger partial charge in [-0.05, 0) is 6.42 Å². The number of nitrogens with one attached hydrogen (secondary N) is 2. The molecule has 2 N–H and O–H groups in total. The Bertz CT molecular complexity index is 403. The van der Waals surface area contributed by atoms with E-state index in [2.05, 4.69) is 20.8 Å². The van der Waals surface area contributed by atoms with Gasteiger partial charge in [-0.25, -0.2) is 0 Å². The molecule has 7 heteroatoms. The van der Waals surface area contributed by atoms with Crippen molar-refractivity contribution in [3.05, 3.63) is 11.7 Å². The lowest BCUT2D eigenvalue weighted by molar-refractivity contribution is -0.124. The molecule has 1 amide bonds. The maximum Gasteiger partial charge on any atom is 0.237 e. The van der Waals surface area contributed by atoms with Crippen LogP contribution in [0.2, 0.25) is 0 Å². The van der Waals surface area contributed by atoms with Crippen molar-refractivity contribution in [2.75, 3.05) is 20.2 Å². The average molecular weight is 254 g/mol. The van der Waals surface area contributed by atoms with Crippen molar-refractivity contribution < 1.29 is 14.1 Å². The highest BCUT2D eigenvalue weighted by molar-refractivity contribution is 5.82. The summed E-state index contributed by atoms with van der Waals surface area (Å²) < 4.78 is 10.4. The van der Waals surface area contributed by atoms with Gasteiger partial charge in [0.15, 0.2) is 0 Å². The Kier molecular flexibility index (Phi) is 4.27. The predicted octanol–water partition coefficient (Wildman–Crippen LogP) is -0.202. The number of piperazine rings is 1. The minimum absolute atomic E-state index is 0.0280. The zero-order chi connectivity index (χ0) is 13.0. The highest BCUT2D eigenvalue weighted by atomic mass is 16.5. The van der Waals surface area contributed by atoms with E-state index in [0.717, 1.165) is 13.0 Å². The van der Waals surface area contributed by atoms with Crippen LogP contribution in [-0.4, -0.2) is 42.3 Å². The van der Waals surface area contributed by atoms with Crippen molar-refractivity contribution in [2.45, 2.75) is 31.9 Å². The predicted molar refractivity (Wildman–Crippen MR) is 62.8 cm³/mol. The van der Waals surface area contributed by atoms with E-state index < -0.39 is 0 Å². The van der Waals surface area contributed by atoms with Gasteiger partial charge in [-0.15, -0.1) is 0 Å². The highest BCUT2D eigenvalue weighted by Gasteiger charge is 2.25. The molecule has 1 fully saturated rings. The van der Waals surface area contributed by atoms with Gasteiger partial charge in [0.25, 0.3) is 0 Å². The summed E-state index contributed by atoms with van der Waals surface area (Å²) in [6.07, 6.45) is 1.02. The molecule has 0 saturated carbocycles. The zero-order valence-corrected chi connectivity index (χ0v) is 10.6. The molecule has 1 saturated heterocycles. The number of rotatable bonds is 5. The molecule has 1 aliphatic rings. The number of methoxy groups -OCH3 is 1. The van der Waals surface area contributed by atoms with Crippen LogP contribution < -0.4 is 10.6 Å². The van der Waals surface area contributed by atoms with Crippen LogP contribution in [0.15, 0.2) is 4.52 Å². The lowest BCUT2D eigenvalue weighted by atomic mass is 10.1. The molecule has 0 aromatic carbocycles. The van der Waals surface area contributed by atoms with Gasteiger partial charge in [0.2, 0.25) is 17.6 Å². The van der Waals surface area contributed by atoms with Gasteiger partial charge in [-0.3, -0.25) is 4.79 Å². The van der Waals surface area contributed by atoms with E-state index in [0.29, 0.717) is 24.7 Å². The Morgan fingerprint density at radius 2 is 2.39 bits per heavy atom. The SMILES string of the molecule is CCC(OC)c1noc(CC2NCCNC2=O)n1. The van der Waals surface area contributed by atoms with E-state index >= 15 is 0 Å². The summed E-state index contributed by atoms with van der Waals surface area (Å²) in [4.78, 5) is 15.8. The van der Waals surface area contributed by atoms with Crippen molar-refractivity contribution in [3.8, 4) is 0 Å². The lowest BCUT2D eigenvalue weighted by Crippen LogP contribution is -2.53. The van der Waals surface area contributed by atoms with E-state index in [1.54, 1.807) is 7.11 Å². The molecule has 2 unspecified atom stereocenters. The van der Waals surface area contributed by atoms with Crippen LogP contribution in [0, 0.1) is 0 Å². The maximum atomic E-state index is 11.6. The molecule has 1 aromatic heterocycles. The van der Waals surface area contributed by atoms with Crippen molar-refractivity contribution >= 4 is 5.91 Å². The molecule has 100 valence electrons. The number of aromatic nitrogens is 2. The standard InChI is InChI=1S/C11H18N4O3/c1-3-8(17-2)10-14-9(18-15-10)6-7-11(16)13-5-4-12-7/h7-8,12H,3-6H2,1-2H3,(H,13,16). The minimum Gasteiger partial charge on any atom is -0.373 e.